The van der Waals surface area contributed by atoms with E-state index in [9.17, 15) is 5.11 Å². The van der Waals surface area contributed by atoms with Crippen LogP contribution >= 0.6 is 11.6 Å². The first-order chi connectivity index (χ1) is 16.2. The highest BCUT2D eigenvalue weighted by Crippen LogP contribution is 2.34. The van der Waals surface area contributed by atoms with E-state index in [4.69, 9.17) is 11.6 Å². The number of aromatic hydroxyl groups is 1. The zero-order chi connectivity index (χ0) is 22.6. The number of phenolic OH excluding ortho intramolecular Hbond substituents is 1. The number of aromatic nitrogens is 1. The molecule has 2 aliphatic rings. The lowest BCUT2D eigenvalue weighted by molar-refractivity contribution is 0.213. The van der Waals surface area contributed by atoms with E-state index < -0.39 is 0 Å². The van der Waals surface area contributed by atoms with E-state index in [1.807, 2.05) is 30.5 Å². The highest BCUT2D eigenvalue weighted by Gasteiger charge is 2.19. The molecule has 2 fully saturated rings. The van der Waals surface area contributed by atoms with Crippen LogP contribution in [0.5, 0.6) is 5.75 Å². The first-order valence-electron chi connectivity index (χ1n) is 12.3. The van der Waals surface area contributed by atoms with Crippen LogP contribution in [0, 0.1) is 0 Å². The van der Waals surface area contributed by atoms with Crippen LogP contribution in [0.15, 0.2) is 42.6 Å². The highest BCUT2D eigenvalue weighted by molar-refractivity contribution is 6.31. The van der Waals surface area contributed by atoms with E-state index in [1.165, 1.54) is 38.5 Å². The molecule has 2 aromatic carbocycles. The second kappa shape index (κ2) is 10.3. The largest absolute Gasteiger partial charge is 0.507 e. The van der Waals surface area contributed by atoms with Gasteiger partial charge in [-0.25, -0.2) is 0 Å². The molecule has 0 unspecified atom stereocenters. The fourth-order valence-corrected chi connectivity index (χ4v) is 5.34. The smallest absolute Gasteiger partial charge is 0.124 e. The Kier molecular flexibility index (Phi) is 7.00. The highest BCUT2D eigenvalue weighted by atomic mass is 35.5. The summed E-state index contributed by atoms with van der Waals surface area (Å²) in [5.41, 5.74) is 4.89. The van der Waals surface area contributed by atoms with Crippen molar-refractivity contribution in [3.8, 4) is 5.75 Å². The Hall–Kier alpha value is -2.34. The van der Waals surface area contributed by atoms with Gasteiger partial charge in [0.15, 0.2) is 0 Å². The Morgan fingerprint density at radius 2 is 1.42 bits per heavy atom. The first kappa shape index (κ1) is 22.5. The second-order valence-corrected chi connectivity index (χ2v) is 9.90. The number of hydrogen-bond acceptors (Lipinski definition) is 5. The number of hydrogen-bond donors (Lipinski definition) is 2. The summed E-state index contributed by atoms with van der Waals surface area (Å²) in [4.78, 5) is 9.41. The number of anilines is 2. The SMILES string of the molecule is Oc1c(CN2CCCCC2)cc(Nc2ccnc3cc(Cl)ccc23)cc1CN1CCCCC1. The van der Waals surface area contributed by atoms with Crippen LogP contribution in [0.1, 0.15) is 49.7 Å². The number of benzene rings is 2. The zero-order valence-corrected chi connectivity index (χ0v) is 19.9. The van der Waals surface area contributed by atoms with E-state index >= 15 is 0 Å². The molecule has 5 rings (SSSR count). The Balaban J connectivity index is 1.47. The van der Waals surface area contributed by atoms with Crippen LogP contribution in [0.4, 0.5) is 11.4 Å². The number of fused-ring (bicyclic) bond motifs is 1. The van der Waals surface area contributed by atoms with Crippen molar-refractivity contribution in [2.45, 2.75) is 51.6 Å². The molecule has 33 heavy (non-hydrogen) atoms. The molecule has 2 saturated heterocycles. The van der Waals surface area contributed by atoms with Crippen molar-refractivity contribution in [2.24, 2.45) is 0 Å². The van der Waals surface area contributed by atoms with Crippen molar-refractivity contribution in [1.29, 1.82) is 0 Å². The number of rotatable bonds is 6. The lowest BCUT2D eigenvalue weighted by Crippen LogP contribution is -2.30. The molecule has 1 aromatic heterocycles. The van der Waals surface area contributed by atoms with Gasteiger partial charge in [-0.1, -0.05) is 24.4 Å². The molecule has 6 heteroatoms. The number of piperidine rings is 2. The Bertz CT molecular complexity index is 1070. The molecule has 0 radical (unpaired) electrons. The van der Waals surface area contributed by atoms with E-state index in [2.05, 4.69) is 32.2 Å². The predicted octanol–water partition coefficient (Wildman–Crippen LogP) is 6.31. The molecule has 2 aliphatic heterocycles. The van der Waals surface area contributed by atoms with Gasteiger partial charge in [0.1, 0.15) is 5.75 Å². The number of phenols is 1. The van der Waals surface area contributed by atoms with E-state index in [1.54, 1.807) is 0 Å². The Morgan fingerprint density at radius 3 is 2.03 bits per heavy atom. The van der Waals surface area contributed by atoms with Crippen LogP contribution in [0.3, 0.4) is 0 Å². The van der Waals surface area contributed by atoms with Gasteiger partial charge in [0, 0.05) is 52.2 Å². The van der Waals surface area contributed by atoms with Gasteiger partial charge < -0.3 is 10.4 Å². The van der Waals surface area contributed by atoms with Crippen LogP contribution < -0.4 is 5.32 Å². The maximum atomic E-state index is 11.2. The third-order valence-electron chi connectivity index (χ3n) is 6.94. The van der Waals surface area contributed by atoms with Crippen molar-refractivity contribution < 1.29 is 5.11 Å². The molecule has 0 bridgehead atoms. The summed E-state index contributed by atoms with van der Waals surface area (Å²) in [7, 11) is 0. The molecule has 0 aliphatic carbocycles. The summed E-state index contributed by atoms with van der Waals surface area (Å²) in [6.07, 6.45) is 9.39. The van der Waals surface area contributed by atoms with Gasteiger partial charge in [-0.05, 0) is 88.3 Å². The fourth-order valence-electron chi connectivity index (χ4n) is 5.18. The number of nitrogens with zero attached hydrogens (tertiary/aromatic N) is 3. The second-order valence-electron chi connectivity index (χ2n) is 9.46. The molecular formula is C27H33ClN4O. The number of likely N-dealkylation sites (tertiary alicyclic amines) is 2. The molecule has 0 saturated carbocycles. The molecule has 174 valence electrons. The summed E-state index contributed by atoms with van der Waals surface area (Å²) in [5, 5.41) is 16.6. The molecule has 2 N–H and O–H groups in total. The van der Waals surface area contributed by atoms with Crippen LogP contribution in [-0.4, -0.2) is 46.1 Å². The Labute approximate surface area is 201 Å². The molecule has 3 aromatic rings. The normalized spacial score (nSPS) is 18.0. The molecule has 0 spiro atoms. The summed E-state index contributed by atoms with van der Waals surface area (Å²) in [6, 6.07) is 12.0. The topological polar surface area (TPSA) is 51.6 Å². The summed E-state index contributed by atoms with van der Waals surface area (Å²) < 4.78 is 0. The third-order valence-corrected chi connectivity index (χ3v) is 7.17. The van der Waals surface area contributed by atoms with Gasteiger partial charge in [0.2, 0.25) is 0 Å². The average Bonchev–Trinajstić information content (AvgIpc) is 2.83. The summed E-state index contributed by atoms with van der Waals surface area (Å²) in [5.74, 6) is 0.461. The van der Waals surface area contributed by atoms with Crippen molar-refractivity contribution in [3.63, 3.8) is 0 Å². The van der Waals surface area contributed by atoms with E-state index in [0.717, 1.165) is 72.7 Å². The number of halogens is 1. The van der Waals surface area contributed by atoms with Gasteiger partial charge >= 0.3 is 0 Å². The molecule has 0 amide bonds. The summed E-state index contributed by atoms with van der Waals surface area (Å²) in [6.45, 7) is 6.01. The lowest BCUT2D eigenvalue weighted by atomic mass is 10.0. The summed E-state index contributed by atoms with van der Waals surface area (Å²) >= 11 is 6.18. The average molecular weight is 465 g/mol. The molecule has 0 atom stereocenters. The fraction of sp³-hybridized carbons (Fsp3) is 0.444. The van der Waals surface area contributed by atoms with Crippen molar-refractivity contribution in [3.05, 3.63) is 58.7 Å². The van der Waals surface area contributed by atoms with E-state index in [-0.39, 0.29) is 0 Å². The molecular weight excluding hydrogens is 432 g/mol. The minimum absolute atomic E-state index is 0.461. The van der Waals surface area contributed by atoms with Crippen molar-refractivity contribution >= 4 is 33.9 Å². The monoisotopic (exact) mass is 464 g/mol. The van der Waals surface area contributed by atoms with E-state index in [0.29, 0.717) is 10.8 Å². The quantitative estimate of drug-likeness (QED) is 0.418. The minimum atomic E-state index is 0.461. The first-order valence-corrected chi connectivity index (χ1v) is 12.6. The van der Waals surface area contributed by atoms with Crippen molar-refractivity contribution in [2.75, 3.05) is 31.5 Å². The standard InChI is InChI=1S/C27H33ClN4O/c28-22-7-8-24-25(9-10-29-26(24)17-22)30-23-15-20(18-31-11-3-1-4-12-31)27(33)21(16-23)19-32-13-5-2-6-14-32/h7-10,15-17,33H,1-6,11-14,18-19H2,(H,29,30). The van der Waals surface area contributed by atoms with Crippen LogP contribution in [-0.2, 0) is 13.1 Å². The minimum Gasteiger partial charge on any atom is -0.507 e. The van der Waals surface area contributed by atoms with Crippen LogP contribution in [0.25, 0.3) is 10.9 Å². The maximum absolute atomic E-state index is 11.2. The van der Waals surface area contributed by atoms with Gasteiger partial charge in [-0.3, -0.25) is 14.8 Å². The Morgan fingerprint density at radius 1 is 0.818 bits per heavy atom. The number of pyridine rings is 1. The zero-order valence-electron chi connectivity index (χ0n) is 19.2. The van der Waals surface area contributed by atoms with Gasteiger partial charge in [0.05, 0.1) is 5.52 Å². The third kappa shape index (κ3) is 5.43. The predicted molar refractivity (Wildman–Crippen MR) is 136 cm³/mol. The van der Waals surface area contributed by atoms with Crippen molar-refractivity contribution in [1.82, 2.24) is 14.8 Å². The van der Waals surface area contributed by atoms with Gasteiger partial charge in [-0.2, -0.15) is 0 Å². The maximum Gasteiger partial charge on any atom is 0.124 e. The van der Waals surface area contributed by atoms with Crippen LogP contribution in [0.2, 0.25) is 5.02 Å². The molecule has 3 heterocycles. The lowest BCUT2D eigenvalue weighted by Gasteiger charge is -2.29. The molecule has 5 nitrogen and oxygen atoms in total. The number of nitrogens with one attached hydrogen (secondary N) is 1. The van der Waals surface area contributed by atoms with Gasteiger partial charge in [-0.15, -0.1) is 0 Å². The van der Waals surface area contributed by atoms with Gasteiger partial charge in [0.25, 0.3) is 0 Å².